The number of hydrogen-bond acceptors (Lipinski definition) is 1. The minimum Gasteiger partial charge on any atom is -0.342 e. The number of rotatable bonds is 1. The molecular formula is C12H13BrN2. The van der Waals surface area contributed by atoms with Gasteiger partial charge in [0.05, 0.1) is 5.52 Å². The van der Waals surface area contributed by atoms with Gasteiger partial charge in [0.2, 0.25) is 0 Å². The van der Waals surface area contributed by atoms with Gasteiger partial charge >= 0.3 is 0 Å². The molecule has 2 nitrogen and oxygen atoms in total. The van der Waals surface area contributed by atoms with Crippen LogP contribution in [0, 0.1) is 0 Å². The van der Waals surface area contributed by atoms with Crippen LogP contribution in [0.1, 0.15) is 24.2 Å². The molecule has 0 aliphatic carbocycles. The molecule has 0 saturated carbocycles. The van der Waals surface area contributed by atoms with E-state index in [1.165, 1.54) is 26.6 Å². The van der Waals surface area contributed by atoms with Crippen LogP contribution in [0.4, 0.5) is 0 Å². The minimum atomic E-state index is 0.0812. The Morgan fingerprint density at radius 3 is 3.00 bits per heavy atom. The first-order chi connectivity index (χ1) is 7.20. The van der Waals surface area contributed by atoms with Gasteiger partial charge in [-0.05, 0) is 34.8 Å². The van der Waals surface area contributed by atoms with Crippen molar-refractivity contribution in [2.24, 2.45) is 5.73 Å². The second kappa shape index (κ2) is 3.09. The number of nitrogens with zero attached hydrogens (tertiary/aromatic N) is 1. The van der Waals surface area contributed by atoms with Gasteiger partial charge in [-0.25, -0.2) is 0 Å². The van der Waals surface area contributed by atoms with Crippen molar-refractivity contribution < 1.29 is 0 Å². The third kappa shape index (κ3) is 1.13. The van der Waals surface area contributed by atoms with Crippen molar-refractivity contribution in [1.29, 1.82) is 0 Å². The lowest BCUT2D eigenvalue weighted by molar-refractivity contribution is 0.663. The van der Waals surface area contributed by atoms with Crippen LogP contribution < -0.4 is 5.73 Å². The molecule has 1 aromatic heterocycles. The summed E-state index contributed by atoms with van der Waals surface area (Å²) < 4.78 is 3.54. The third-order valence-electron chi connectivity index (χ3n) is 3.18. The SMILES string of the molecule is CC(N)c1c(Br)c2cccc3c2n1CC3. The van der Waals surface area contributed by atoms with Crippen LogP contribution in [0.2, 0.25) is 0 Å². The molecule has 78 valence electrons. The van der Waals surface area contributed by atoms with Gasteiger partial charge in [0.1, 0.15) is 0 Å². The smallest absolute Gasteiger partial charge is 0.0528 e. The number of aryl methyl sites for hydroxylation is 2. The summed E-state index contributed by atoms with van der Waals surface area (Å²) in [5.41, 5.74) is 10.1. The van der Waals surface area contributed by atoms with E-state index in [4.69, 9.17) is 5.73 Å². The maximum absolute atomic E-state index is 6.03. The number of para-hydroxylation sites is 1. The Hall–Kier alpha value is -0.800. The second-order valence-electron chi connectivity index (χ2n) is 4.20. The fraction of sp³-hybridized carbons (Fsp3) is 0.333. The molecule has 0 fully saturated rings. The minimum absolute atomic E-state index is 0.0812. The van der Waals surface area contributed by atoms with E-state index in [0.717, 1.165) is 13.0 Å². The molecule has 1 aliphatic heterocycles. The number of halogens is 1. The molecule has 0 bridgehead atoms. The lowest BCUT2D eigenvalue weighted by Crippen LogP contribution is -2.11. The van der Waals surface area contributed by atoms with Gasteiger partial charge in [-0.3, -0.25) is 0 Å². The molecule has 3 rings (SSSR count). The van der Waals surface area contributed by atoms with Crippen LogP contribution in [0.5, 0.6) is 0 Å². The molecule has 2 heterocycles. The van der Waals surface area contributed by atoms with Gasteiger partial charge < -0.3 is 10.3 Å². The first-order valence-electron chi connectivity index (χ1n) is 5.25. The summed E-state index contributed by atoms with van der Waals surface area (Å²) in [6.07, 6.45) is 1.14. The van der Waals surface area contributed by atoms with Crippen LogP contribution >= 0.6 is 15.9 Å². The van der Waals surface area contributed by atoms with Gasteiger partial charge in [-0.2, -0.15) is 0 Å². The predicted octanol–water partition coefficient (Wildman–Crippen LogP) is 2.98. The molecule has 1 unspecified atom stereocenters. The van der Waals surface area contributed by atoms with Gasteiger partial charge in [0, 0.05) is 28.1 Å². The zero-order chi connectivity index (χ0) is 10.6. The summed E-state index contributed by atoms with van der Waals surface area (Å²) in [6, 6.07) is 6.58. The first kappa shape index (κ1) is 9.43. The lowest BCUT2D eigenvalue weighted by Gasteiger charge is -2.09. The Morgan fingerprint density at radius 2 is 2.27 bits per heavy atom. The Balaban J connectivity index is 2.47. The second-order valence-corrected chi connectivity index (χ2v) is 5.00. The normalized spacial score (nSPS) is 16.2. The van der Waals surface area contributed by atoms with Crippen molar-refractivity contribution >= 4 is 26.8 Å². The molecule has 1 aliphatic rings. The van der Waals surface area contributed by atoms with Crippen molar-refractivity contribution in [2.45, 2.75) is 25.9 Å². The number of aromatic nitrogens is 1. The fourth-order valence-corrected chi connectivity index (χ4v) is 3.47. The van der Waals surface area contributed by atoms with E-state index in [0.29, 0.717) is 0 Å². The summed E-state index contributed by atoms with van der Waals surface area (Å²) in [7, 11) is 0. The monoisotopic (exact) mass is 264 g/mol. The highest BCUT2D eigenvalue weighted by Crippen LogP contribution is 2.38. The summed E-state index contributed by atoms with van der Waals surface area (Å²) in [5, 5.41) is 1.30. The van der Waals surface area contributed by atoms with E-state index < -0.39 is 0 Å². The van der Waals surface area contributed by atoms with E-state index in [2.05, 4.69) is 38.7 Å². The predicted molar refractivity (Wildman–Crippen MR) is 65.9 cm³/mol. The van der Waals surface area contributed by atoms with Crippen LogP contribution in [0.3, 0.4) is 0 Å². The molecule has 0 radical (unpaired) electrons. The van der Waals surface area contributed by atoms with E-state index in [1.807, 2.05) is 6.92 Å². The largest absolute Gasteiger partial charge is 0.342 e. The molecule has 3 heteroatoms. The van der Waals surface area contributed by atoms with Crippen LogP contribution in [-0.4, -0.2) is 4.57 Å². The summed E-state index contributed by atoms with van der Waals surface area (Å²) in [4.78, 5) is 0. The molecule has 2 aromatic rings. The number of nitrogens with two attached hydrogens (primary N) is 1. The van der Waals surface area contributed by atoms with Crippen molar-refractivity contribution in [1.82, 2.24) is 4.57 Å². The van der Waals surface area contributed by atoms with Gasteiger partial charge in [-0.15, -0.1) is 0 Å². The zero-order valence-corrected chi connectivity index (χ0v) is 10.2. The lowest BCUT2D eigenvalue weighted by atomic mass is 10.1. The van der Waals surface area contributed by atoms with Crippen LogP contribution in [-0.2, 0) is 13.0 Å². The molecule has 1 aromatic carbocycles. The summed E-state index contributed by atoms with van der Waals surface area (Å²) in [6.45, 7) is 3.11. The molecule has 0 amide bonds. The maximum atomic E-state index is 6.03. The summed E-state index contributed by atoms with van der Waals surface area (Å²) in [5.74, 6) is 0. The van der Waals surface area contributed by atoms with Gasteiger partial charge in [-0.1, -0.05) is 18.2 Å². The van der Waals surface area contributed by atoms with E-state index >= 15 is 0 Å². The molecule has 2 N–H and O–H groups in total. The van der Waals surface area contributed by atoms with Crippen molar-refractivity contribution in [2.75, 3.05) is 0 Å². The molecule has 0 spiro atoms. The third-order valence-corrected chi connectivity index (χ3v) is 4.01. The molecule has 1 atom stereocenters. The fourth-order valence-electron chi connectivity index (χ4n) is 2.58. The van der Waals surface area contributed by atoms with E-state index in [9.17, 15) is 0 Å². The zero-order valence-electron chi connectivity index (χ0n) is 8.63. The molecular weight excluding hydrogens is 252 g/mol. The maximum Gasteiger partial charge on any atom is 0.0528 e. The van der Waals surface area contributed by atoms with E-state index in [1.54, 1.807) is 0 Å². The number of benzene rings is 1. The highest BCUT2D eigenvalue weighted by atomic mass is 79.9. The molecule has 0 saturated heterocycles. The highest BCUT2D eigenvalue weighted by molar-refractivity contribution is 9.10. The van der Waals surface area contributed by atoms with Gasteiger partial charge in [0.15, 0.2) is 0 Å². The Bertz CT molecular complexity index is 540. The van der Waals surface area contributed by atoms with Crippen LogP contribution in [0.15, 0.2) is 22.7 Å². The standard InChI is InChI=1S/C12H13BrN2/c1-7(14)11-10(13)9-4-2-3-8-5-6-15(11)12(8)9/h2-4,7H,5-6,14H2,1H3. The first-order valence-corrected chi connectivity index (χ1v) is 6.04. The van der Waals surface area contributed by atoms with Gasteiger partial charge in [0.25, 0.3) is 0 Å². The van der Waals surface area contributed by atoms with Crippen molar-refractivity contribution in [3.63, 3.8) is 0 Å². The van der Waals surface area contributed by atoms with Crippen molar-refractivity contribution in [3.05, 3.63) is 33.9 Å². The number of hydrogen-bond donors (Lipinski definition) is 1. The summed E-state index contributed by atoms with van der Waals surface area (Å²) >= 11 is 3.67. The van der Waals surface area contributed by atoms with Crippen molar-refractivity contribution in [3.8, 4) is 0 Å². The Morgan fingerprint density at radius 1 is 1.47 bits per heavy atom. The topological polar surface area (TPSA) is 30.9 Å². The average Bonchev–Trinajstić information content (AvgIpc) is 2.72. The highest BCUT2D eigenvalue weighted by Gasteiger charge is 2.23. The molecule has 15 heavy (non-hydrogen) atoms. The Labute approximate surface area is 97.2 Å². The van der Waals surface area contributed by atoms with Crippen LogP contribution in [0.25, 0.3) is 10.9 Å². The average molecular weight is 265 g/mol. The quantitative estimate of drug-likeness (QED) is 0.844. The van der Waals surface area contributed by atoms with E-state index in [-0.39, 0.29) is 6.04 Å². The Kier molecular flexibility index (Phi) is 1.94.